The lowest BCUT2D eigenvalue weighted by atomic mass is 10.1. The van der Waals surface area contributed by atoms with E-state index in [2.05, 4.69) is 4.72 Å². The molecule has 1 aliphatic carbocycles. The molecule has 0 amide bonds. The van der Waals surface area contributed by atoms with Crippen molar-refractivity contribution in [1.29, 1.82) is 0 Å². The summed E-state index contributed by atoms with van der Waals surface area (Å²) < 4.78 is 34.0. The van der Waals surface area contributed by atoms with Gasteiger partial charge in [0.2, 0.25) is 10.0 Å². The highest BCUT2D eigenvalue weighted by Gasteiger charge is 2.33. The Morgan fingerprint density at radius 3 is 2.46 bits per heavy atom. The highest BCUT2D eigenvalue weighted by Crippen LogP contribution is 2.34. The molecule has 0 aliphatic heterocycles. The average Bonchev–Trinajstić information content (AvgIpc) is 3.38. The van der Waals surface area contributed by atoms with Crippen LogP contribution in [0.25, 0.3) is 10.8 Å². The van der Waals surface area contributed by atoms with Crippen molar-refractivity contribution in [3.8, 4) is 5.75 Å². The molecule has 1 unspecified atom stereocenters. The van der Waals surface area contributed by atoms with Gasteiger partial charge in [-0.05, 0) is 37.8 Å². The van der Waals surface area contributed by atoms with Crippen molar-refractivity contribution in [2.45, 2.75) is 30.7 Å². The molecule has 1 fully saturated rings. The third-order valence-corrected chi connectivity index (χ3v) is 5.73. The summed E-state index contributed by atoms with van der Waals surface area (Å²) in [6.45, 7) is 2.76. The third-order valence-electron chi connectivity index (χ3n) is 4.18. The highest BCUT2D eigenvalue weighted by atomic mass is 35.5. The van der Waals surface area contributed by atoms with E-state index in [4.69, 9.17) is 10.5 Å². The first-order valence-corrected chi connectivity index (χ1v) is 9.42. The van der Waals surface area contributed by atoms with E-state index in [-0.39, 0.29) is 23.3 Å². The minimum Gasteiger partial charge on any atom is -0.493 e. The Morgan fingerprint density at radius 2 is 1.88 bits per heavy atom. The molecule has 0 heterocycles. The van der Waals surface area contributed by atoms with Crippen LogP contribution < -0.4 is 15.2 Å². The van der Waals surface area contributed by atoms with E-state index >= 15 is 0 Å². The van der Waals surface area contributed by atoms with E-state index in [9.17, 15) is 8.42 Å². The largest absolute Gasteiger partial charge is 0.493 e. The second-order valence-corrected chi connectivity index (χ2v) is 7.52. The van der Waals surface area contributed by atoms with Crippen molar-refractivity contribution < 1.29 is 13.2 Å². The van der Waals surface area contributed by atoms with E-state index in [0.717, 1.165) is 18.2 Å². The topological polar surface area (TPSA) is 81.4 Å². The normalized spacial score (nSPS) is 15.8. The summed E-state index contributed by atoms with van der Waals surface area (Å²) >= 11 is 0. The van der Waals surface area contributed by atoms with Crippen molar-refractivity contribution in [1.82, 2.24) is 4.72 Å². The second-order valence-electron chi connectivity index (χ2n) is 5.84. The summed E-state index contributed by atoms with van der Waals surface area (Å²) in [5.41, 5.74) is 5.73. The molecule has 7 heteroatoms. The Balaban J connectivity index is 0.00000208. The van der Waals surface area contributed by atoms with E-state index in [1.54, 1.807) is 18.2 Å². The monoisotopic (exact) mass is 370 g/mol. The summed E-state index contributed by atoms with van der Waals surface area (Å²) in [4.78, 5) is 0.274. The van der Waals surface area contributed by atoms with E-state index in [1.807, 2.05) is 25.1 Å². The fourth-order valence-corrected chi connectivity index (χ4v) is 4.39. The molecular formula is C17H23ClN2O3S. The minimum absolute atomic E-state index is 0. The summed E-state index contributed by atoms with van der Waals surface area (Å²) in [7, 11) is -3.62. The van der Waals surface area contributed by atoms with E-state index in [1.165, 1.54) is 0 Å². The fraction of sp³-hybridized carbons (Fsp3) is 0.412. The van der Waals surface area contributed by atoms with Crippen molar-refractivity contribution in [2.75, 3.05) is 13.2 Å². The molecule has 2 aromatic rings. The quantitative estimate of drug-likeness (QED) is 0.785. The van der Waals surface area contributed by atoms with Gasteiger partial charge in [-0.1, -0.05) is 24.3 Å². The van der Waals surface area contributed by atoms with Crippen molar-refractivity contribution in [3.63, 3.8) is 0 Å². The molecule has 24 heavy (non-hydrogen) atoms. The number of ether oxygens (including phenoxy) is 1. The number of benzene rings is 2. The number of sulfonamides is 1. The van der Waals surface area contributed by atoms with Crippen LogP contribution in [-0.2, 0) is 10.0 Å². The Labute approximate surface area is 149 Å². The van der Waals surface area contributed by atoms with Crippen LogP contribution in [-0.4, -0.2) is 27.6 Å². The van der Waals surface area contributed by atoms with Gasteiger partial charge in [0.25, 0.3) is 0 Å². The number of rotatable bonds is 7. The Bertz CT molecular complexity index is 807. The van der Waals surface area contributed by atoms with Crippen LogP contribution in [0.2, 0.25) is 0 Å². The molecule has 0 spiro atoms. The first kappa shape index (κ1) is 19.0. The number of hydrogen-bond acceptors (Lipinski definition) is 4. The predicted molar refractivity (Wildman–Crippen MR) is 98.3 cm³/mol. The van der Waals surface area contributed by atoms with Gasteiger partial charge in [-0.15, -0.1) is 12.4 Å². The van der Waals surface area contributed by atoms with Gasteiger partial charge in [0, 0.05) is 23.4 Å². The average molecular weight is 371 g/mol. The molecule has 0 radical (unpaired) electrons. The smallest absolute Gasteiger partial charge is 0.241 e. The van der Waals surface area contributed by atoms with Crippen LogP contribution in [0.4, 0.5) is 0 Å². The van der Waals surface area contributed by atoms with Gasteiger partial charge in [-0.3, -0.25) is 0 Å². The van der Waals surface area contributed by atoms with Crippen LogP contribution in [0.3, 0.4) is 0 Å². The molecule has 2 aromatic carbocycles. The number of nitrogens with one attached hydrogen (secondary N) is 1. The Hall–Kier alpha value is -1.34. The van der Waals surface area contributed by atoms with E-state index in [0.29, 0.717) is 30.2 Å². The Kier molecular flexibility index (Phi) is 6.09. The first-order valence-electron chi connectivity index (χ1n) is 7.93. The van der Waals surface area contributed by atoms with Crippen LogP contribution in [0.15, 0.2) is 41.3 Å². The molecule has 0 bridgehead atoms. The molecule has 1 aliphatic rings. The molecule has 3 N–H and O–H groups in total. The van der Waals surface area contributed by atoms with Crippen LogP contribution >= 0.6 is 12.4 Å². The van der Waals surface area contributed by atoms with E-state index < -0.39 is 10.0 Å². The van der Waals surface area contributed by atoms with Gasteiger partial charge in [0.05, 0.1) is 11.5 Å². The van der Waals surface area contributed by atoms with Crippen LogP contribution in [0.5, 0.6) is 5.75 Å². The molecule has 0 saturated heterocycles. The molecule has 1 atom stereocenters. The molecular weight excluding hydrogens is 348 g/mol. The van der Waals surface area contributed by atoms with Crippen molar-refractivity contribution in [2.24, 2.45) is 11.7 Å². The number of halogens is 1. The van der Waals surface area contributed by atoms with Gasteiger partial charge in [-0.25, -0.2) is 13.1 Å². The zero-order valence-corrected chi connectivity index (χ0v) is 15.2. The standard InChI is InChI=1S/C17H22N2O3S.ClH/c1-2-22-16-9-10-17(14-6-4-3-5-13(14)16)23(20,21)19-15(11-18)12-7-8-12;/h3-6,9-10,12,15,19H,2,7-8,11,18H2,1H3;1H. The zero-order valence-electron chi connectivity index (χ0n) is 13.6. The molecule has 5 nitrogen and oxygen atoms in total. The molecule has 0 aromatic heterocycles. The second kappa shape index (κ2) is 7.70. The summed E-state index contributed by atoms with van der Waals surface area (Å²) in [6.07, 6.45) is 2.07. The molecule has 3 rings (SSSR count). The number of nitrogens with two attached hydrogens (primary N) is 1. The number of fused-ring (bicyclic) bond motifs is 1. The maximum atomic E-state index is 12.8. The first-order chi connectivity index (χ1) is 11.1. The lowest BCUT2D eigenvalue weighted by Crippen LogP contribution is -2.41. The van der Waals surface area contributed by atoms with Crippen LogP contribution in [0.1, 0.15) is 19.8 Å². The molecule has 1 saturated carbocycles. The predicted octanol–water partition coefficient (Wildman–Crippen LogP) is 2.68. The van der Waals surface area contributed by atoms with Gasteiger partial charge in [0.1, 0.15) is 5.75 Å². The zero-order chi connectivity index (χ0) is 16.4. The summed E-state index contributed by atoms with van der Waals surface area (Å²) in [5, 5.41) is 1.46. The lowest BCUT2D eigenvalue weighted by Gasteiger charge is -2.18. The van der Waals surface area contributed by atoms with Gasteiger partial charge in [0.15, 0.2) is 0 Å². The van der Waals surface area contributed by atoms with Gasteiger partial charge >= 0.3 is 0 Å². The van der Waals surface area contributed by atoms with Crippen LogP contribution in [0, 0.1) is 5.92 Å². The fourth-order valence-electron chi connectivity index (χ4n) is 2.86. The Morgan fingerprint density at radius 1 is 1.21 bits per heavy atom. The lowest BCUT2D eigenvalue weighted by molar-refractivity contribution is 0.344. The maximum Gasteiger partial charge on any atom is 0.241 e. The maximum absolute atomic E-state index is 12.8. The summed E-state index contributed by atoms with van der Waals surface area (Å²) in [6, 6.07) is 10.5. The highest BCUT2D eigenvalue weighted by molar-refractivity contribution is 7.89. The SMILES string of the molecule is CCOc1ccc(S(=O)(=O)NC(CN)C2CC2)c2ccccc12.Cl. The molecule has 132 valence electrons. The van der Waals surface area contributed by atoms with Crippen molar-refractivity contribution >= 4 is 33.2 Å². The summed E-state index contributed by atoms with van der Waals surface area (Å²) in [5.74, 6) is 1.06. The minimum atomic E-state index is -3.62. The van der Waals surface area contributed by atoms with Crippen molar-refractivity contribution in [3.05, 3.63) is 36.4 Å². The van der Waals surface area contributed by atoms with Gasteiger partial charge in [-0.2, -0.15) is 0 Å². The van der Waals surface area contributed by atoms with Gasteiger partial charge < -0.3 is 10.5 Å². The number of hydrogen-bond donors (Lipinski definition) is 2. The third kappa shape index (κ3) is 3.83.